The van der Waals surface area contributed by atoms with E-state index in [-0.39, 0.29) is 6.16 Å². The van der Waals surface area contributed by atoms with Crippen LogP contribution in [0.1, 0.15) is 19.4 Å². The summed E-state index contributed by atoms with van der Waals surface area (Å²) in [5.41, 5.74) is 2.30. The van der Waals surface area contributed by atoms with Crippen LogP contribution in [0.5, 0.6) is 17.4 Å². The van der Waals surface area contributed by atoms with Crippen molar-refractivity contribution in [1.29, 1.82) is 0 Å². The lowest BCUT2D eigenvalue weighted by atomic mass is 10.1. The number of methoxy groups -OCH3 is 3. The zero-order valence-electron chi connectivity index (χ0n) is 18.4. The molecule has 0 atom stereocenters. The van der Waals surface area contributed by atoms with E-state index in [0.29, 0.717) is 41.9 Å². The Morgan fingerprint density at radius 2 is 1.45 bits per heavy atom. The molecule has 0 amide bonds. The summed E-state index contributed by atoms with van der Waals surface area (Å²) < 4.78 is 39.8. The molecule has 2 aromatic carbocycles. The molecular weight excluding hydrogens is 419 g/mol. The molecule has 0 unspecified atom stereocenters. The largest absolute Gasteiger partial charge is 0.493 e. The predicted octanol–water partition coefficient (Wildman–Crippen LogP) is 5.09. The monoisotopic (exact) mass is 446 g/mol. The van der Waals surface area contributed by atoms with Crippen molar-refractivity contribution < 1.29 is 27.8 Å². The van der Waals surface area contributed by atoms with Gasteiger partial charge in [0.15, 0.2) is 17.3 Å². The lowest BCUT2D eigenvalue weighted by Crippen LogP contribution is -2.00. The third-order valence-corrected chi connectivity index (χ3v) is 6.66. The molecule has 8 nitrogen and oxygen atoms in total. The van der Waals surface area contributed by atoms with Gasteiger partial charge < -0.3 is 23.3 Å². The maximum atomic E-state index is 12.8. The number of aromatic nitrogens is 2. The fraction of sp³-hybridized carbons (Fsp3) is 0.364. The van der Waals surface area contributed by atoms with Crippen molar-refractivity contribution >= 4 is 18.5 Å². The van der Waals surface area contributed by atoms with E-state index < -0.39 is 7.60 Å². The Morgan fingerprint density at radius 1 is 0.839 bits per heavy atom. The highest BCUT2D eigenvalue weighted by Crippen LogP contribution is 2.51. The first-order valence-corrected chi connectivity index (χ1v) is 11.6. The van der Waals surface area contributed by atoms with E-state index in [9.17, 15) is 4.57 Å². The van der Waals surface area contributed by atoms with Crippen LogP contribution < -0.4 is 14.2 Å². The average molecular weight is 446 g/mol. The maximum Gasteiger partial charge on any atom is 0.335 e. The topological polar surface area (TPSA) is 89.0 Å². The quantitative estimate of drug-likeness (QED) is 0.398. The van der Waals surface area contributed by atoms with Gasteiger partial charge in [-0.05, 0) is 25.5 Å². The second-order valence-corrected chi connectivity index (χ2v) is 8.64. The van der Waals surface area contributed by atoms with Crippen molar-refractivity contribution in [2.45, 2.75) is 20.0 Å². The Labute approximate surface area is 182 Å². The number of rotatable bonds is 10. The molecule has 0 radical (unpaired) electrons. The van der Waals surface area contributed by atoms with Gasteiger partial charge in [-0.15, -0.1) is 0 Å². The Hall–Kier alpha value is -2.67. The van der Waals surface area contributed by atoms with Crippen LogP contribution in [0, 0.1) is 0 Å². The van der Waals surface area contributed by atoms with Crippen molar-refractivity contribution in [3.8, 4) is 28.8 Å². The smallest absolute Gasteiger partial charge is 0.335 e. The van der Waals surface area contributed by atoms with Crippen molar-refractivity contribution in [2.24, 2.45) is 0 Å². The highest BCUT2D eigenvalue weighted by Gasteiger charge is 2.24. The number of hydrogen-bond donors (Lipinski definition) is 0. The Balaban J connectivity index is 1.97. The van der Waals surface area contributed by atoms with Gasteiger partial charge in [0.2, 0.25) is 5.88 Å². The predicted molar refractivity (Wildman–Crippen MR) is 119 cm³/mol. The minimum Gasteiger partial charge on any atom is -0.493 e. The van der Waals surface area contributed by atoms with Crippen LogP contribution in [-0.2, 0) is 19.8 Å². The van der Waals surface area contributed by atoms with Crippen LogP contribution in [0.3, 0.4) is 0 Å². The van der Waals surface area contributed by atoms with Crippen molar-refractivity contribution in [3.05, 3.63) is 42.0 Å². The standard InChI is InChI=1S/C22H27N2O6P/c1-6-29-31(25,30-7-2)14-15-8-10-16(11-9-15)21-23-18-13-20(27-4)19(26-3)12-17(18)22(24-21)28-5/h8-13H,6-7,14H2,1-5H3. The van der Waals surface area contributed by atoms with E-state index in [0.717, 1.165) is 16.5 Å². The van der Waals surface area contributed by atoms with Gasteiger partial charge in [0, 0.05) is 11.6 Å². The van der Waals surface area contributed by atoms with Crippen LogP contribution in [0.4, 0.5) is 0 Å². The molecule has 0 N–H and O–H groups in total. The first kappa shape index (κ1) is 23.0. The summed E-state index contributed by atoms with van der Waals surface area (Å²) in [6, 6.07) is 11.1. The first-order chi connectivity index (χ1) is 15.0. The summed E-state index contributed by atoms with van der Waals surface area (Å²) >= 11 is 0. The summed E-state index contributed by atoms with van der Waals surface area (Å²) in [4.78, 5) is 9.22. The second-order valence-electron chi connectivity index (χ2n) is 6.58. The van der Waals surface area contributed by atoms with Gasteiger partial charge >= 0.3 is 7.60 Å². The Bertz CT molecular complexity index is 1080. The highest BCUT2D eigenvalue weighted by atomic mass is 31.2. The molecule has 1 aromatic heterocycles. The average Bonchev–Trinajstić information content (AvgIpc) is 2.78. The number of ether oxygens (including phenoxy) is 3. The molecule has 0 spiro atoms. The molecule has 166 valence electrons. The van der Waals surface area contributed by atoms with Gasteiger partial charge in [-0.1, -0.05) is 24.3 Å². The molecule has 3 rings (SSSR count). The molecule has 0 fully saturated rings. The van der Waals surface area contributed by atoms with Crippen molar-refractivity contribution in [2.75, 3.05) is 34.5 Å². The van der Waals surface area contributed by atoms with Crippen molar-refractivity contribution in [3.63, 3.8) is 0 Å². The van der Waals surface area contributed by atoms with Gasteiger partial charge in [0.05, 0.1) is 51.6 Å². The molecule has 3 aromatic rings. The van der Waals surface area contributed by atoms with E-state index >= 15 is 0 Å². The van der Waals surface area contributed by atoms with Gasteiger partial charge in [0.25, 0.3) is 0 Å². The minimum absolute atomic E-state index is 0.202. The van der Waals surface area contributed by atoms with Crippen LogP contribution >= 0.6 is 7.60 Å². The molecule has 0 saturated carbocycles. The third-order valence-electron chi connectivity index (χ3n) is 4.60. The lowest BCUT2D eigenvalue weighted by Gasteiger charge is -2.17. The normalized spacial score (nSPS) is 11.5. The van der Waals surface area contributed by atoms with E-state index in [1.807, 2.05) is 24.3 Å². The zero-order chi connectivity index (χ0) is 22.4. The summed E-state index contributed by atoms with van der Waals surface area (Å²) in [5, 5.41) is 0.717. The van der Waals surface area contributed by atoms with Gasteiger partial charge in [-0.2, -0.15) is 4.98 Å². The SMILES string of the molecule is CCOP(=O)(Cc1ccc(-c2nc(OC)c3cc(OC)c(OC)cc3n2)cc1)OCC. The van der Waals surface area contributed by atoms with E-state index in [2.05, 4.69) is 9.97 Å². The number of fused-ring (bicyclic) bond motifs is 1. The highest BCUT2D eigenvalue weighted by molar-refractivity contribution is 7.53. The van der Waals surface area contributed by atoms with Crippen LogP contribution in [0.2, 0.25) is 0 Å². The van der Waals surface area contributed by atoms with E-state index in [1.165, 1.54) is 0 Å². The van der Waals surface area contributed by atoms with E-state index in [1.54, 1.807) is 47.3 Å². The fourth-order valence-electron chi connectivity index (χ4n) is 3.22. The summed E-state index contributed by atoms with van der Waals surface area (Å²) in [5.74, 6) is 2.07. The first-order valence-electron chi connectivity index (χ1n) is 9.92. The summed E-state index contributed by atoms with van der Waals surface area (Å²) in [6.07, 6.45) is 0.202. The molecule has 31 heavy (non-hydrogen) atoms. The molecule has 0 bridgehead atoms. The van der Waals surface area contributed by atoms with E-state index in [4.69, 9.17) is 23.3 Å². The lowest BCUT2D eigenvalue weighted by molar-refractivity contribution is 0.219. The van der Waals surface area contributed by atoms with Crippen molar-refractivity contribution in [1.82, 2.24) is 9.97 Å². The number of benzene rings is 2. The minimum atomic E-state index is -3.17. The maximum absolute atomic E-state index is 12.8. The molecule has 0 saturated heterocycles. The zero-order valence-corrected chi connectivity index (χ0v) is 19.3. The van der Waals surface area contributed by atoms with Gasteiger partial charge in [0.1, 0.15) is 0 Å². The molecule has 0 aliphatic heterocycles. The second kappa shape index (κ2) is 10.1. The molecule has 9 heteroatoms. The van der Waals surface area contributed by atoms with Crippen LogP contribution in [0.25, 0.3) is 22.3 Å². The third kappa shape index (κ3) is 5.15. The molecular formula is C22H27N2O6P. The number of hydrogen-bond acceptors (Lipinski definition) is 8. The van der Waals surface area contributed by atoms with Gasteiger partial charge in [-0.3, -0.25) is 4.57 Å². The fourth-order valence-corrected chi connectivity index (χ4v) is 4.92. The molecule has 0 aliphatic carbocycles. The Kier molecular flexibility index (Phi) is 7.49. The van der Waals surface area contributed by atoms with Crippen LogP contribution in [-0.4, -0.2) is 44.5 Å². The molecule has 1 heterocycles. The van der Waals surface area contributed by atoms with Gasteiger partial charge in [-0.25, -0.2) is 4.98 Å². The Morgan fingerprint density at radius 3 is 2.00 bits per heavy atom. The summed E-state index contributed by atoms with van der Waals surface area (Å²) in [6.45, 7) is 4.25. The molecule has 0 aliphatic rings. The number of nitrogens with zero attached hydrogens (tertiary/aromatic N) is 2. The van der Waals surface area contributed by atoms with Crippen LogP contribution in [0.15, 0.2) is 36.4 Å². The summed E-state index contributed by atoms with van der Waals surface area (Å²) in [7, 11) is 1.54.